The van der Waals surface area contributed by atoms with Crippen LogP contribution >= 0.6 is 11.6 Å². The number of H-pyrrole nitrogens is 1. The van der Waals surface area contributed by atoms with E-state index in [1.807, 2.05) is 48.5 Å². The number of benzene rings is 2. The summed E-state index contributed by atoms with van der Waals surface area (Å²) in [5.41, 5.74) is 2.18. The largest absolute Gasteiger partial charge is 0.477 e. The van der Waals surface area contributed by atoms with E-state index in [4.69, 9.17) is 21.4 Å². The summed E-state index contributed by atoms with van der Waals surface area (Å²) in [6.45, 7) is 3.81. The predicted molar refractivity (Wildman–Crippen MR) is 130 cm³/mol. The molecule has 9 heteroatoms. The molecule has 0 spiro atoms. The van der Waals surface area contributed by atoms with E-state index in [-0.39, 0.29) is 29.9 Å². The van der Waals surface area contributed by atoms with E-state index < -0.39 is 23.3 Å². The maximum atomic E-state index is 12.9. The number of aromatic carboxylic acids is 1. The zero-order chi connectivity index (χ0) is 25.2. The highest BCUT2D eigenvalue weighted by atomic mass is 35.5. The van der Waals surface area contributed by atoms with Crippen molar-refractivity contribution >= 4 is 29.4 Å². The Morgan fingerprint density at radius 1 is 1.20 bits per heavy atom. The Morgan fingerprint density at radius 3 is 2.57 bits per heavy atom. The Bertz CT molecular complexity index is 1260. The SMILES string of the molecule is CCOC(=O)[C@H](C)CC1(NC(=O)c2cc(C(=O)O)[nH]n2)C[C@H]1c1ccc(-c2cccc(Cl)c2)cc1. The summed E-state index contributed by atoms with van der Waals surface area (Å²) < 4.78 is 5.17. The summed E-state index contributed by atoms with van der Waals surface area (Å²) in [7, 11) is 0. The number of halogens is 1. The maximum absolute atomic E-state index is 12.9. The van der Waals surface area contributed by atoms with Crippen LogP contribution in [0, 0.1) is 5.92 Å². The minimum Gasteiger partial charge on any atom is -0.477 e. The van der Waals surface area contributed by atoms with Crippen molar-refractivity contribution in [3.8, 4) is 11.1 Å². The van der Waals surface area contributed by atoms with Gasteiger partial charge in [0.2, 0.25) is 0 Å². The molecule has 1 unspecified atom stereocenters. The van der Waals surface area contributed by atoms with Crippen molar-refractivity contribution in [2.24, 2.45) is 5.92 Å². The van der Waals surface area contributed by atoms with E-state index >= 15 is 0 Å². The Kier molecular flexibility index (Phi) is 6.93. The van der Waals surface area contributed by atoms with E-state index in [0.29, 0.717) is 17.9 Å². The van der Waals surface area contributed by atoms with E-state index in [9.17, 15) is 14.4 Å². The number of nitrogens with one attached hydrogen (secondary N) is 2. The van der Waals surface area contributed by atoms with Gasteiger partial charge in [-0.3, -0.25) is 14.7 Å². The van der Waals surface area contributed by atoms with Gasteiger partial charge in [0.1, 0.15) is 5.69 Å². The monoisotopic (exact) mass is 495 g/mol. The lowest BCUT2D eigenvalue weighted by molar-refractivity contribution is -0.147. The molecule has 0 radical (unpaired) electrons. The molecule has 1 aliphatic carbocycles. The normalized spacial score (nSPS) is 19.6. The topological polar surface area (TPSA) is 121 Å². The average molecular weight is 496 g/mol. The zero-order valence-corrected chi connectivity index (χ0v) is 20.1. The van der Waals surface area contributed by atoms with E-state index in [1.54, 1.807) is 13.8 Å². The molecule has 1 amide bonds. The van der Waals surface area contributed by atoms with Crippen molar-refractivity contribution in [3.63, 3.8) is 0 Å². The Morgan fingerprint density at radius 2 is 1.94 bits per heavy atom. The first-order valence-corrected chi connectivity index (χ1v) is 11.7. The van der Waals surface area contributed by atoms with E-state index in [1.165, 1.54) is 6.07 Å². The van der Waals surface area contributed by atoms with Gasteiger partial charge in [0.05, 0.1) is 12.5 Å². The molecule has 1 heterocycles. The lowest BCUT2D eigenvalue weighted by atomic mass is 9.94. The first-order valence-electron chi connectivity index (χ1n) is 11.4. The van der Waals surface area contributed by atoms with Crippen LogP contribution in [-0.2, 0) is 9.53 Å². The molecule has 1 aromatic heterocycles. The summed E-state index contributed by atoms with van der Waals surface area (Å²) in [6.07, 6.45) is 1.02. The van der Waals surface area contributed by atoms with Crippen LogP contribution in [0.1, 0.15) is 59.1 Å². The molecule has 4 rings (SSSR count). The molecule has 0 saturated heterocycles. The number of carboxylic acid groups (broad SMARTS) is 1. The fourth-order valence-electron chi connectivity index (χ4n) is 4.48. The first kappa shape index (κ1) is 24.5. The Labute approximate surface area is 207 Å². The van der Waals surface area contributed by atoms with Gasteiger partial charge in [-0.15, -0.1) is 0 Å². The zero-order valence-electron chi connectivity index (χ0n) is 19.4. The first-order chi connectivity index (χ1) is 16.7. The number of carbonyl (C=O) groups is 3. The quantitative estimate of drug-likeness (QED) is 0.371. The molecule has 2 aromatic carbocycles. The highest BCUT2D eigenvalue weighted by molar-refractivity contribution is 6.30. The summed E-state index contributed by atoms with van der Waals surface area (Å²) in [4.78, 5) is 36.4. The van der Waals surface area contributed by atoms with Crippen LogP contribution in [0.2, 0.25) is 5.02 Å². The van der Waals surface area contributed by atoms with Crippen molar-refractivity contribution < 1.29 is 24.2 Å². The molecular formula is C26H26ClN3O5. The van der Waals surface area contributed by atoms with Gasteiger partial charge < -0.3 is 15.2 Å². The molecule has 3 N–H and O–H groups in total. The van der Waals surface area contributed by atoms with Gasteiger partial charge in [-0.2, -0.15) is 5.10 Å². The number of aromatic nitrogens is 2. The second kappa shape index (κ2) is 9.92. The number of amides is 1. The van der Waals surface area contributed by atoms with E-state index in [2.05, 4.69) is 15.5 Å². The van der Waals surface area contributed by atoms with Crippen molar-refractivity contribution in [3.05, 3.63) is 76.6 Å². The number of aromatic amines is 1. The van der Waals surface area contributed by atoms with Gasteiger partial charge in [-0.25, -0.2) is 4.79 Å². The number of ether oxygens (including phenoxy) is 1. The van der Waals surface area contributed by atoms with Crippen LogP contribution in [0.3, 0.4) is 0 Å². The number of hydrogen-bond acceptors (Lipinski definition) is 5. The second-order valence-electron chi connectivity index (χ2n) is 8.83. The number of carbonyl (C=O) groups excluding carboxylic acids is 2. The highest BCUT2D eigenvalue weighted by Crippen LogP contribution is 2.55. The molecule has 1 fully saturated rings. The fraction of sp³-hybridized carbons (Fsp3) is 0.308. The lowest BCUT2D eigenvalue weighted by Crippen LogP contribution is -2.41. The van der Waals surface area contributed by atoms with E-state index in [0.717, 1.165) is 16.7 Å². The molecular weight excluding hydrogens is 470 g/mol. The minimum absolute atomic E-state index is 0.0189. The maximum Gasteiger partial charge on any atom is 0.353 e. The molecule has 35 heavy (non-hydrogen) atoms. The van der Waals surface area contributed by atoms with Crippen LogP contribution in [0.15, 0.2) is 54.6 Å². The molecule has 3 aromatic rings. The average Bonchev–Trinajstić information content (AvgIpc) is 3.27. The van der Waals surface area contributed by atoms with Crippen LogP contribution in [0.25, 0.3) is 11.1 Å². The van der Waals surface area contributed by atoms with Crippen molar-refractivity contribution in [1.29, 1.82) is 0 Å². The van der Waals surface area contributed by atoms with Gasteiger partial charge >= 0.3 is 11.9 Å². The summed E-state index contributed by atoms with van der Waals surface area (Å²) in [5.74, 6) is -2.47. The minimum atomic E-state index is -1.20. The Hall–Kier alpha value is -3.65. The molecule has 0 aliphatic heterocycles. The standard InChI is InChI=1S/C26H26ClN3O5/c1-3-35-25(34)15(2)13-26(28-23(31)21-12-22(24(32)33)30-29-21)14-20(26)17-9-7-16(8-10-17)18-5-4-6-19(27)11-18/h4-12,15,20H,3,13-14H2,1-2H3,(H,28,31)(H,29,30)(H,32,33)/t15-,20+,26?/m1/s1. The van der Waals surface area contributed by atoms with Crippen LogP contribution in [0.5, 0.6) is 0 Å². The molecule has 0 bridgehead atoms. The number of esters is 1. The van der Waals surface area contributed by atoms with Crippen LogP contribution in [0.4, 0.5) is 0 Å². The third-order valence-electron chi connectivity index (χ3n) is 6.31. The summed E-state index contributed by atoms with van der Waals surface area (Å²) in [5, 5.41) is 19.0. The lowest BCUT2D eigenvalue weighted by Gasteiger charge is -2.22. The van der Waals surface area contributed by atoms with Gasteiger partial charge in [-0.05, 0) is 48.6 Å². The molecule has 3 atom stereocenters. The Balaban J connectivity index is 1.56. The third kappa shape index (κ3) is 5.38. The number of rotatable bonds is 9. The van der Waals surface area contributed by atoms with Gasteiger partial charge in [0, 0.05) is 22.5 Å². The van der Waals surface area contributed by atoms with Crippen molar-refractivity contribution in [2.45, 2.75) is 38.1 Å². The number of carboxylic acids is 1. The smallest absolute Gasteiger partial charge is 0.353 e. The number of nitrogens with zero attached hydrogens (tertiary/aromatic N) is 1. The van der Waals surface area contributed by atoms with Gasteiger partial charge in [-0.1, -0.05) is 54.9 Å². The number of hydrogen-bond donors (Lipinski definition) is 3. The van der Waals surface area contributed by atoms with Crippen LogP contribution in [-0.4, -0.2) is 45.3 Å². The summed E-state index contributed by atoms with van der Waals surface area (Å²) >= 11 is 6.12. The van der Waals surface area contributed by atoms with Gasteiger partial charge in [0.25, 0.3) is 5.91 Å². The molecule has 182 valence electrons. The van der Waals surface area contributed by atoms with Crippen molar-refractivity contribution in [2.75, 3.05) is 6.61 Å². The third-order valence-corrected chi connectivity index (χ3v) is 6.54. The summed E-state index contributed by atoms with van der Waals surface area (Å²) in [6, 6.07) is 16.8. The molecule has 1 aliphatic rings. The predicted octanol–water partition coefficient (Wildman–Crippen LogP) is 4.67. The second-order valence-corrected chi connectivity index (χ2v) is 9.26. The molecule has 1 saturated carbocycles. The fourth-order valence-corrected chi connectivity index (χ4v) is 4.68. The molecule has 8 nitrogen and oxygen atoms in total. The highest BCUT2D eigenvalue weighted by Gasteiger charge is 2.57. The van der Waals surface area contributed by atoms with Crippen LogP contribution < -0.4 is 5.32 Å². The van der Waals surface area contributed by atoms with Crippen molar-refractivity contribution in [1.82, 2.24) is 15.5 Å². The van der Waals surface area contributed by atoms with Gasteiger partial charge in [0.15, 0.2) is 5.69 Å².